The van der Waals surface area contributed by atoms with Crippen LogP contribution >= 0.6 is 0 Å². The molecule has 1 aliphatic rings. The van der Waals surface area contributed by atoms with Crippen LogP contribution < -0.4 is 5.01 Å². The molecule has 0 radical (unpaired) electrons. The topological polar surface area (TPSA) is 41.5 Å². The van der Waals surface area contributed by atoms with E-state index in [2.05, 4.69) is 32.1 Å². The molecule has 0 saturated carbocycles. The van der Waals surface area contributed by atoms with Gasteiger partial charge in [-0.3, -0.25) is 5.01 Å². The molecule has 0 unspecified atom stereocenters. The normalized spacial score (nSPS) is 16.2. The van der Waals surface area contributed by atoms with Gasteiger partial charge < -0.3 is 4.74 Å². The molecule has 0 spiro atoms. The molecular weight excluding hydrogens is 240 g/mol. The largest absolute Gasteiger partial charge is 0.379 e. The van der Waals surface area contributed by atoms with Crippen molar-refractivity contribution in [2.24, 2.45) is 0 Å². The molecule has 1 aromatic carbocycles. The van der Waals surface area contributed by atoms with Crippen molar-refractivity contribution in [1.29, 1.82) is 0 Å². The van der Waals surface area contributed by atoms with Crippen LogP contribution in [0.4, 0.5) is 11.5 Å². The first kappa shape index (κ1) is 12.1. The Balaban J connectivity index is 1.96. The molecule has 1 saturated heterocycles. The molecule has 0 amide bonds. The molecule has 98 valence electrons. The van der Waals surface area contributed by atoms with Gasteiger partial charge in [0.25, 0.3) is 0 Å². The summed E-state index contributed by atoms with van der Waals surface area (Å²) in [5.41, 5.74) is 1.10. The molecule has 1 aromatic heterocycles. The maximum atomic E-state index is 5.42. The zero-order valence-corrected chi connectivity index (χ0v) is 10.6. The standard InChI is InChI=1S/C14H16N4O/c1-2-4-13(5-3-1)18(14-6-7-15-12-16-14)17-8-10-19-11-9-17/h1-7,12H,8-11H2. The SMILES string of the molecule is c1ccc(N(c2ccncn2)N2CCOCC2)cc1. The summed E-state index contributed by atoms with van der Waals surface area (Å²) in [4.78, 5) is 8.35. The molecule has 0 N–H and O–H groups in total. The van der Waals surface area contributed by atoms with Gasteiger partial charge in [0.15, 0.2) is 5.82 Å². The average Bonchev–Trinajstić information content (AvgIpc) is 2.51. The fraction of sp³-hybridized carbons (Fsp3) is 0.286. The Morgan fingerprint density at radius 3 is 2.53 bits per heavy atom. The molecule has 1 aliphatic heterocycles. The molecule has 0 atom stereocenters. The predicted molar refractivity (Wildman–Crippen MR) is 73.0 cm³/mol. The Kier molecular flexibility index (Phi) is 3.67. The third-order valence-corrected chi connectivity index (χ3v) is 3.05. The van der Waals surface area contributed by atoms with E-state index >= 15 is 0 Å². The smallest absolute Gasteiger partial charge is 0.151 e. The van der Waals surface area contributed by atoms with Crippen molar-refractivity contribution in [3.05, 3.63) is 48.9 Å². The molecular formula is C14H16N4O. The van der Waals surface area contributed by atoms with Gasteiger partial charge in [0.2, 0.25) is 0 Å². The van der Waals surface area contributed by atoms with Gasteiger partial charge in [-0.05, 0) is 12.1 Å². The molecule has 5 heteroatoms. The van der Waals surface area contributed by atoms with Crippen molar-refractivity contribution >= 4 is 11.5 Å². The van der Waals surface area contributed by atoms with E-state index in [4.69, 9.17) is 4.74 Å². The van der Waals surface area contributed by atoms with Crippen LogP contribution in [-0.4, -0.2) is 41.3 Å². The Morgan fingerprint density at radius 2 is 1.84 bits per heavy atom. The van der Waals surface area contributed by atoms with Gasteiger partial charge in [-0.1, -0.05) is 18.2 Å². The highest BCUT2D eigenvalue weighted by molar-refractivity contribution is 5.57. The van der Waals surface area contributed by atoms with Crippen LogP contribution in [0, 0.1) is 0 Å². The zero-order valence-electron chi connectivity index (χ0n) is 10.6. The van der Waals surface area contributed by atoms with E-state index < -0.39 is 0 Å². The van der Waals surface area contributed by atoms with Gasteiger partial charge in [0.1, 0.15) is 6.33 Å². The highest BCUT2D eigenvalue weighted by Crippen LogP contribution is 2.25. The first-order chi connectivity index (χ1) is 9.45. The summed E-state index contributed by atoms with van der Waals surface area (Å²) >= 11 is 0. The first-order valence-corrected chi connectivity index (χ1v) is 6.39. The van der Waals surface area contributed by atoms with Gasteiger partial charge >= 0.3 is 0 Å². The van der Waals surface area contributed by atoms with Crippen molar-refractivity contribution in [1.82, 2.24) is 15.0 Å². The second kappa shape index (κ2) is 5.77. The summed E-state index contributed by atoms with van der Waals surface area (Å²) < 4.78 is 5.42. The van der Waals surface area contributed by atoms with Gasteiger partial charge in [-0.25, -0.2) is 15.0 Å². The van der Waals surface area contributed by atoms with Crippen LogP contribution in [0.5, 0.6) is 0 Å². The number of nitrogens with zero attached hydrogens (tertiary/aromatic N) is 4. The number of rotatable bonds is 3. The summed E-state index contributed by atoms with van der Waals surface area (Å²) in [7, 11) is 0. The molecule has 3 rings (SSSR count). The van der Waals surface area contributed by atoms with Gasteiger partial charge in [0, 0.05) is 25.4 Å². The molecule has 0 bridgehead atoms. The van der Waals surface area contributed by atoms with Crippen molar-refractivity contribution in [3.8, 4) is 0 Å². The quantitative estimate of drug-likeness (QED) is 0.838. The van der Waals surface area contributed by atoms with Crippen molar-refractivity contribution in [2.45, 2.75) is 0 Å². The third kappa shape index (κ3) is 2.72. The van der Waals surface area contributed by atoms with E-state index in [1.165, 1.54) is 0 Å². The lowest BCUT2D eigenvalue weighted by Crippen LogP contribution is -2.46. The Morgan fingerprint density at radius 1 is 1.05 bits per heavy atom. The molecule has 2 heterocycles. The average molecular weight is 256 g/mol. The van der Waals surface area contributed by atoms with Crippen LogP contribution in [0.25, 0.3) is 0 Å². The summed E-state index contributed by atoms with van der Waals surface area (Å²) in [5, 5.41) is 4.38. The van der Waals surface area contributed by atoms with Gasteiger partial charge in [-0.2, -0.15) is 0 Å². The highest BCUT2D eigenvalue weighted by atomic mass is 16.5. The van der Waals surface area contributed by atoms with Crippen molar-refractivity contribution in [2.75, 3.05) is 31.3 Å². The number of morpholine rings is 1. The fourth-order valence-electron chi connectivity index (χ4n) is 2.17. The fourth-order valence-corrected chi connectivity index (χ4v) is 2.17. The number of hydrazine groups is 1. The number of anilines is 2. The Bertz CT molecular complexity index is 460. The van der Waals surface area contributed by atoms with Gasteiger partial charge in [0.05, 0.1) is 18.9 Å². The van der Waals surface area contributed by atoms with Crippen molar-refractivity contribution < 1.29 is 4.74 Å². The molecule has 0 aliphatic carbocycles. The number of para-hydroxylation sites is 1. The maximum Gasteiger partial charge on any atom is 0.151 e. The van der Waals surface area contributed by atoms with Crippen LogP contribution in [0.3, 0.4) is 0 Å². The minimum Gasteiger partial charge on any atom is -0.379 e. The number of ether oxygens (including phenoxy) is 1. The van der Waals surface area contributed by atoms with Crippen LogP contribution in [0.1, 0.15) is 0 Å². The van der Waals surface area contributed by atoms with Crippen LogP contribution in [-0.2, 0) is 4.74 Å². The summed E-state index contributed by atoms with van der Waals surface area (Å²) in [6.45, 7) is 3.21. The highest BCUT2D eigenvalue weighted by Gasteiger charge is 2.21. The summed E-state index contributed by atoms with van der Waals surface area (Å²) in [6.07, 6.45) is 3.34. The number of benzene rings is 1. The minimum atomic E-state index is 0.744. The number of hydrogen-bond acceptors (Lipinski definition) is 5. The van der Waals surface area contributed by atoms with E-state index in [1.807, 2.05) is 24.3 Å². The van der Waals surface area contributed by atoms with Crippen molar-refractivity contribution in [3.63, 3.8) is 0 Å². The maximum absolute atomic E-state index is 5.42. The molecule has 5 nitrogen and oxygen atoms in total. The monoisotopic (exact) mass is 256 g/mol. The van der Waals surface area contributed by atoms with E-state index in [-0.39, 0.29) is 0 Å². The Hall–Kier alpha value is -1.98. The third-order valence-electron chi connectivity index (χ3n) is 3.05. The molecule has 1 fully saturated rings. The lowest BCUT2D eigenvalue weighted by Gasteiger charge is -2.37. The van der Waals surface area contributed by atoms with E-state index in [1.54, 1.807) is 12.5 Å². The molecule has 2 aromatic rings. The summed E-state index contributed by atoms with van der Waals surface area (Å²) in [5.74, 6) is 0.878. The van der Waals surface area contributed by atoms with Gasteiger partial charge in [-0.15, -0.1) is 0 Å². The number of aromatic nitrogens is 2. The Labute approximate surface area is 112 Å². The zero-order chi connectivity index (χ0) is 12.9. The summed E-state index contributed by atoms with van der Waals surface area (Å²) in [6, 6.07) is 12.2. The van der Waals surface area contributed by atoms with E-state index in [9.17, 15) is 0 Å². The second-order valence-corrected chi connectivity index (χ2v) is 4.28. The number of hydrogen-bond donors (Lipinski definition) is 0. The minimum absolute atomic E-state index is 0.744. The first-order valence-electron chi connectivity index (χ1n) is 6.39. The van der Waals surface area contributed by atoms with E-state index in [0.29, 0.717) is 0 Å². The van der Waals surface area contributed by atoms with Crippen LogP contribution in [0.15, 0.2) is 48.9 Å². The second-order valence-electron chi connectivity index (χ2n) is 4.28. The molecule has 19 heavy (non-hydrogen) atoms. The predicted octanol–water partition coefficient (Wildman–Crippen LogP) is 1.86. The lowest BCUT2D eigenvalue weighted by atomic mass is 10.3. The van der Waals surface area contributed by atoms with Crippen LogP contribution in [0.2, 0.25) is 0 Å². The lowest BCUT2D eigenvalue weighted by molar-refractivity contribution is 0.0375. The van der Waals surface area contributed by atoms with E-state index in [0.717, 1.165) is 37.8 Å².